The van der Waals surface area contributed by atoms with Crippen LogP contribution in [-0.4, -0.2) is 13.7 Å². The van der Waals surface area contributed by atoms with Crippen molar-refractivity contribution < 1.29 is 4.74 Å². The summed E-state index contributed by atoms with van der Waals surface area (Å²) >= 11 is 1.76. The van der Waals surface area contributed by atoms with Crippen molar-refractivity contribution in [3.05, 3.63) is 51.7 Å². The first-order valence-electron chi connectivity index (χ1n) is 7.13. The molecule has 0 aliphatic rings. The average molecular weight is 289 g/mol. The molecule has 1 aromatic heterocycles. The molecule has 3 heteroatoms. The van der Waals surface area contributed by atoms with Crippen molar-refractivity contribution in [3.8, 4) is 5.75 Å². The first-order valence-corrected chi connectivity index (χ1v) is 8.08. The highest BCUT2D eigenvalue weighted by atomic mass is 32.1. The molecule has 2 rings (SSSR count). The van der Waals surface area contributed by atoms with E-state index in [9.17, 15) is 0 Å². The summed E-state index contributed by atoms with van der Waals surface area (Å²) in [5.41, 5.74) is 3.93. The van der Waals surface area contributed by atoms with E-state index >= 15 is 0 Å². The van der Waals surface area contributed by atoms with Gasteiger partial charge >= 0.3 is 0 Å². The van der Waals surface area contributed by atoms with Crippen LogP contribution in [0.1, 0.15) is 36.1 Å². The molecule has 1 unspecified atom stereocenters. The second-order valence-corrected chi connectivity index (χ2v) is 5.85. The van der Waals surface area contributed by atoms with Crippen molar-refractivity contribution in [2.45, 2.75) is 32.7 Å². The van der Waals surface area contributed by atoms with Crippen LogP contribution in [0.15, 0.2) is 35.0 Å². The molecular weight excluding hydrogens is 266 g/mol. The number of ether oxygens (including phenoxy) is 1. The lowest BCUT2D eigenvalue weighted by molar-refractivity contribution is 0.411. The third-order valence-electron chi connectivity index (χ3n) is 3.48. The minimum atomic E-state index is 0.370. The first-order chi connectivity index (χ1) is 9.74. The standard InChI is InChI=1S/C17H23NOS/c1-4-8-18-16(11-14-7-9-20-12-14)15-5-6-17(19-3)13(2)10-15/h5-7,9-10,12,16,18H,4,8,11H2,1-3H3. The molecule has 108 valence electrons. The third kappa shape index (κ3) is 3.84. The Bertz CT molecular complexity index is 522. The zero-order valence-electron chi connectivity index (χ0n) is 12.5. The molecule has 0 saturated heterocycles. The quantitative estimate of drug-likeness (QED) is 0.818. The van der Waals surface area contributed by atoms with Gasteiger partial charge in [-0.25, -0.2) is 0 Å². The van der Waals surface area contributed by atoms with Crippen LogP contribution < -0.4 is 10.1 Å². The van der Waals surface area contributed by atoms with Crippen LogP contribution in [0, 0.1) is 6.92 Å². The lowest BCUT2D eigenvalue weighted by Crippen LogP contribution is -2.24. The van der Waals surface area contributed by atoms with E-state index in [0.29, 0.717) is 6.04 Å². The van der Waals surface area contributed by atoms with E-state index in [1.807, 2.05) is 0 Å². The van der Waals surface area contributed by atoms with Crippen LogP contribution in [0.2, 0.25) is 0 Å². The fourth-order valence-electron chi connectivity index (χ4n) is 2.39. The van der Waals surface area contributed by atoms with E-state index in [1.54, 1.807) is 18.4 Å². The van der Waals surface area contributed by atoms with E-state index in [4.69, 9.17) is 4.74 Å². The number of thiophene rings is 1. The average Bonchev–Trinajstić information content (AvgIpc) is 2.96. The van der Waals surface area contributed by atoms with Crippen LogP contribution in [0.4, 0.5) is 0 Å². The fourth-order valence-corrected chi connectivity index (χ4v) is 3.07. The van der Waals surface area contributed by atoms with Gasteiger partial charge in [-0.1, -0.05) is 19.1 Å². The van der Waals surface area contributed by atoms with E-state index < -0.39 is 0 Å². The van der Waals surface area contributed by atoms with Crippen LogP contribution in [0.25, 0.3) is 0 Å². The van der Waals surface area contributed by atoms with E-state index in [1.165, 1.54) is 16.7 Å². The minimum Gasteiger partial charge on any atom is -0.496 e. The Balaban J connectivity index is 2.18. The van der Waals surface area contributed by atoms with Gasteiger partial charge in [0.2, 0.25) is 0 Å². The first kappa shape index (κ1) is 15.1. The van der Waals surface area contributed by atoms with Gasteiger partial charge in [0.25, 0.3) is 0 Å². The molecule has 1 N–H and O–H groups in total. The maximum atomic E-state index is 5.35. The highest BCUT2D eigenvalue weighted by molar-refractivity contribution is 7.07. The van der Waals surface area contributed by atoms with Gasteiger partial charge in [-0.05, 0) is 65.9 Å². The maximum absolute atomic E-state index is 5.35. The number of rotatable bonds is 7. The molecule has 1 heterocycles. The molecule has 0 aliphatic carbocycles. The molecule has 0 fully saturated rings. The van der Waals surface area contributed by atoms with Crippen molar-refractivity contribution in [2.24, 2.45) is 0 Å². The zero-order chi connectivity index (χ0) is 14.4. The Morgan fingerprint density at radius 3 is 2.75 bits per heavy atom. The normalized spacial score (nSPS) is 12.3. The zero-order valence-corrected chi connectivity index (χ0v) is 13.3. The van der Waals surface area contributed by atoms with Crippen LogP contribution in [0.5, 0.6) is 5.75 Å². The lowest BCUT2D eigenvalue weighted by atomic mass is 9.98. The largest absolute Gasteiger partial charge is 0.496 e. The van der Waals surface area contributed by atoms with Crippen molar-refractivity contribution in [1.82, 2.24) is 5.32 Å². The van der Waals surface area contributed by atoms with Gasteiger partial charge in [-0.15, -0.1) is 0 Å². The molecule has 1 atom stereocenters. The van der Waals surface area contributed by atoms with Gasteiger partial charge in [0.1, 0.15) is 5.75 Å². The molecule has 0 spiro atoms. The van der Waals surface area contributed by atoms with E-state index in [0.717, 1.165) is 25.1 Å². The maximum Gasteiger partial charge on any atom is 0.121 e. The van der Waals surface area contributed by atoms with E-state index in [-0.39, 0.29) is 0 Å². The number of methoxy groups -OCH3 is 1. The number of aryl methyl sites for hydroxylation is 1. The summed E-state index contributed by atoms with van der Waals surface area (Å²) in [5.74, 6) is 0.957. The molecule has 0 amide bonds. The Hall–Kier alpha value is -1.32. The van der Waals surface area contributed by atoms with Gasteiger partial charge in [0, 0.05) is 6.04 Å². The van der Waals surface area contributed by atoms with Crippen LogP contribution in [0.3, 0.4) is 0 Å². The van der Waals surface area contributed by atoms with Gasteiger partial charge < -0.3 is 10.1 Å². The Morgan fingerprint density at radius 2 is 2.15 bits per heavy atom. The van der Waals surface area contributed by atoms with Gasteiger partial charge in [-0.2, -0.15) is 11.3 Å². The second-order valence-electron chi connectivity index (χ2n) is 5.07. The summed E-state index contributed by atoms with van der Waals surface area (Å²) in [7, 11) is 1.72. The predicted octanol–water partition coefficient (Wildman–Crippen LogP) is 4.35. The molecule has 0 saturated carbocycles. The van der Waals surface area contributed by atoms with Crippen LogP contribution in [-0.2, 0) is 6.42 Å². The van der Waals surface area contributed by atoms with E-state index in [2.05, 4.69) is 54.2 Å². The SMILES string of the molecule is CCCNC(Cc1ccsc1)c1ccc(OC)c(C)c1. The lowest BCUT2D eigenvalue weighted by Gasteiger charge is -2.20. The highest BCUT2D eigenvalue weighted by Gasteiger charge is 2.13. The molecular formula is C17H23NOS. The summed E-state index contributed by atoms with van der Waals surface area (Å²) in [6.07, 6.45) is 2.19. The molecule has 0 radical (unpaired) electrons. The van der Waals surface area contributed by atoms with Gasteiger partial charge in [0.05, 0.1) is 7.11 Å². The summed E-state index contributed by atoms with van der Waals surface area (Å²) in [4.78, 5) is 0. The molecule has 2 nitrogen and oxygen atoms in total. The Kier molecular flexibility index (Phi) is 5.62. The minimum absolute atomic E-state index is 0.370. The van der Waals surface area contributed by atoms with Crippen LogP contribution >= 0.6 is 11.3 Å². The molecule has 20 heavy (non-hydrogen) atoms. The van der Waals surface area contributed by atoms with Crippen molar-refractivity contribution >= 4 is 11.3 Å². The third-order valence-corrected chi connectivity index (χ3v) is 4.21. The van der Waals surface area contributed by atoms with Crippen molar-refractivity contribution in [3.63, 3.8) is 0 Å². The highest BCUT2D eigenvalue weighted by Crippen LogP contribution is 2.25. The van der Waals surface area contributed by atoms with Gasteiger partial charge in [-0.3, -0.25) is 0 Å². The molecule has 0 aliphatic heterocycles. The van der Waals surface area contributed by atoms with Gasteiger partial charge in [0.15, 0.2) is 0 Å². The number of hydrogen-bond acceptors (Lipinski definition) is 3. The van der Waals surface area contributed by atoms with Crippen molar-refractivity contribution in [1.29, 1.82) is 0 Å². The summed E-state index contributed by atoms with van der Waals surface area (Å²) in [5, 5.41) is 8.03. The summed E-state index contributed by atoms with van der Waals surface area (Å²) < 4.78 is 5.35. The number of benzene rings is 1. The summed E-state index contributed by atoms with van der Waals surface area (Å²) in [6, 6.07) is 9.05. The Morgan fingerprint density at radius 1 is 1.30 bits per heavy atom. The Labute approximate surface area is 125 Å². The molecule has 1 aromatic carbocycles. The monoisotopic (exact) mass is 289 g/mol. The smallest absolute Gasteiger partial charge is 0.121 e. The number of nitrogens with one attached hydrogen (secondary N) is 1. The predicted molar refractivity (Wildman–Crippen MR) is 86.8 cm³/mol. The fraction of sp³-hybridized carbons (Fsp3) is 0.412. The molecule has 2 aromatic rings. The molecule has 0 bridgehead atoms. The second kappa shape index (κ2) is 7.46. The number of hydrogen-bond donors (Lipinski definition) is 1. The van der Waals surface area contributed by atoms with Crippen molar-refractivity contribution in [2.75, 3.05) is 13.7 Å². The topological polar surface area (TPSA) is 21.3 Å². The summed E-state index contributed by atoms with van der Waals surface area (Å²) in [6.45, 7) is 5.34.